The molecule has 0 bridgehead atoms. The van der Waals surface area contributed by atoms with E-state index < -0.39 is 10.0 Å². The third-order valence-electron chi connectivity index (χ3n) is 6.11. The standard InChI is InChI=1S/C27H31N3O4S/c1-20-8-9-21(2)26(18-20)35(32,33)28-24-12-10-22(11-13-24)27(31)29(3)19-23-6-4-5-7-25(23)30-14-16-34-17-15-30/h4-13,18,28H,14-17,19H2,1-3H3. The van der Waals surface area contributed by atoms with Crippen LogP contribution in [0.25, 0.3) is 0 Å². The number of carbonyl (C=O) groups is 1. The summed E-state index contributed by atoms with van der Waals surface area (Å²) in [7, 11) is -1.96. The Kier molecular flexibility index (Phi) is 7.42. The number of nitrogens with zero attached hydrogens (tertiary/aromatic N) is 2. The van der Waals surface area contributed by atoms with Gasteiger partial charge in [-0.2, -0.15) is 0 Å². The number of amides is 1. The van der Waals surface area contributed by atoms with Crippen molar-refractivity contribution >= 4 is 27.3 Å². The summed E-state index contributed by atoms with van der Waals surface area (Å²) in [6.45, 7) is 7.14. The molecule has 7 nitrogen and oxygen atoms in total. The first-order valence-electron chi connectivity index (χ1n) is 11.6. The molecule has 1 N–H and O–H groups in total. The second kappa shape index (κ2) is 10.5. The first-order chi connectivity index (χ1) is 16.7. The van der Waals surface area contributed by atoms with Gasteiger partial charge < -0.3 is 14.5 Å². The third kappa shape index (κ3) is 5.83. The Labute approximate surface area is 207 Å². The normalized spacial score (nSPS) is 14.0. The molecule has 1 amide bonds. The number of para-hydroxylation sites is 1. The van der Waals surface area contributed by atoms with Crippen LogP contribution >= 0.6 is 0 Å². The highest BCUT2D eigenvalue weighted by Crippen LogP contribution is 2.24. The minimum atomic E-state index is -3.73. The lowest BCUT2D eigenvalue weighted by Gasteiger charge is -2.31. The molecule has 1 saturated heterocycles. The van der Waals surface area contributed by atoms with Gasteiger partial charge in [0.25, 0.3) is 15.9 Å². The largest absolute Gasteiger partial charge is 0.378 e. The number of sulfonamides is 1. The highest BCUT2D eigenvalue weighted by Gasteiger charge is 2.20. The van der Waals surface area contributed by atoms with Crippen LogP contribution in [0.1, 0.15) is 27.0 Å². The van der Waals surface area contributed by atoms with Gasteiger partial charge >= 0.3 is 0 Å². The third-order valence-corrected chi connectivity index (χ3v) is 7.64. The van der Waals surface area contributed by atoms with Crippen molar-refractivity contribution in [2.24, 2.45) is 0 Å². The van der Waals surface area contributed by atoms with Crippen molar-refractivity contribution < 1.29 is 17.9 Å². The minimum absolute atomic E-state index is 0.134. The van der Waals surface area contributed by atoms with E-state index in [-0.39, 0.29) is 10.8 Å². The molecule has 184 valence electrons. The average molecular weight is 494 g/mol. The zero-order valence-electron chi connectivity index (χ0n) is 20.3. The van der Waals surface area contributed by atoms with Gasteiger partial charge in [0.1, 0.15) is 0 Å². The number of nitrogens with one attached hydrogen (secondary N) is 1. The van der Waals surface area contributed by atoms with Crippen molar-refractivity contribution in [2.45, 2.75) is 25.3 Å². The van der Waals surface area contributed by atoms with Crippen LogP contribution in [0.2, 0.25) is 0 Å². The molecule has 1 fully saturated rings. The Morgan fingerprint density at radius 3 is 2.40 bits per heavy atom. The fourth-order valence-corrected chi connectivity index (χ4v) is 5.58. The molecule has 0 aromatic heterocycles. The van der Waals surface area contributed by atoms with E-state index in [4.69, 9.17) is 4.74 Å². The van der Waals surface area contributed by atoms with Crippen molar-refractivity contribution in [3.05, 3.63) is 89.0 Å². The van der Waals surface area contributed by atoms with E-state index in [1.54, 1.807) is 55.3 Å². The summed E-state index contributed by atoms with van der Waals surface area (Å²) in [5.41, 5.74) is 4.63. The number of benzene rings is 3. The molecule has 0 spiro atoms. The van der Waals surface area contributed by atoms with E-state index >= 15 is 0 Å². The van der Waals surface area contributed by atoms with Crippen LogP contribution in [0.15, 0.2) is 71.6 Å². The number of aryl methyl sites for hydroxylation is 2. The van der Waals surface area contributed by atoms with Gasteiger partial charge in [0.15, 0.2) is 0 Å². The van der Waals surface area contributed by atoms with Crippen LogP contribution in [-0.2, 0) is 21.3 Å². The minimum Gasteiger partial charge on any atom is -0.378 e. The molecule has 0 atom stereocenters. The highest BCUT2D eigenvalue weighted by molar-refractivity contribution is 7.92. The number of hydrogen-bond acceptors (Lipinski definition) is 5. The number of anilines is 2. The molecule has 0 radical (unpaired) electrons. The van der Waals surface area contributed by atoms with Crippen molar-refractivity contribution in [1.82, 2.24) is 4.90 Å². The van der Waals surface area contributed by atoms with E-state index in [1.807, 2.05) is 31.2 Å². The van der Waals surface area contributed by atoms with Crippen LogP contribution in [0.4, 0.5) is 11.4 Å². The lowest BCUT2D eigenvalue weighted by atomic mass is 10.1. The SMILES string of the molecule is Cc1ccc(C)c(S(=O)(=O)Nc2ccc(C(=O)N(C)Cc3ccccc3N3CCOCC3)cc2)c1. The molecule has 35 heavy (non-hydrogen) atoms. The first-order valence-corrected chi connectivity index (χ1v) is 13.1. The fourth-order valence-electron chi connectivity index (χ4n) is 4.19. The molecule has 3 aromatic carbocycles. The number of ether oxygens (including phenoxy) is 1. The molecular weight excluding hydrogens is 462 g/mol. The Hall–Kier alpha value is -3.36. The summed E-state index contributed by atoms with van der Waals surface area (Å²) in [6, 6.07) is 20.0. The van der Waals surface area contributed by atoms with Crippen molar-refractivity contribution in [2.75, 3.05) is 43.0 Å². The molecule has 3 aromatic rings. The second-order valence-electron chi connectivity index (χ2n) is 8.84. The summed E-state index contributed by atoms with van der Waals surface area (Å²) < 4.78 is 33.8. The van der Waals surface area contributed by atoms with E-state index in [9.17, 15) is 13.2 Å². The molecule has 0 unspecified atom stereocenters. The van der Waals surface area contributed by atoms with Gasteiger partial charge in [-0.25, -0.2) is 8.42 Å². The highest BCUT2D eigenvalue weighted by atomic mass is 32.2. The Morgan fingerprint density at radius 2 is 1.69 bits per heavy atom. The maximum absolute atomic E-state index is 13.1. The first kappa shape index (κ1) is 24.8. The Bertz CT molecular complexity index is 1300. The number of morpholine rings is 1. The summed E-state index contributed by atoms with van der Waals surface area (Å²) in [6.07, 6.45) is 0. The zero-order chi connectivity index (χ0) is 25.0. The Balaban J connectivity index is 1.45. The lowest BCUT2D eigenvalue weighted by molar-refractivity contribution is 0.0785. The lowest BCUT2D eigenvalue weighted by Crippen LogP contribution is -2.37. The Morgan fingerprint density at radius 1 is 1.00 bits per heavy atom. The quantitative estimate of drug-likeness (QED) is 0.533. The molecule has 1 aliphatic rings. The van der Waals surface area contributed by atoms with E-state index in [0.29, 0.717) is 36.6 Å². The van der Waals surface area contributed by atoms with E-state index in [1.165, 1.54) is 0 Å². The maximum Gasteiger partial charge on any atom is 0.262 e. The van der Waals surface area contributed by atoms with Gasteiger partial charge in [-0.15, -0.1) is 0 Å². The van der Waals surface area contributed by atoms with E-state index in [2.05, 4.69) is 15.7 Å². The van der Waals surface area contributed by atoms with Gasteiger partial charge in [-0.1, -0.05) is 30.3 Å². The summed E-state index contributed by atoms with van der Waals surface area (Å²) >= 11 is 0. The molecule has 0 saturated carbocycles. The fraction of sp³-hybridized carbons (Fsp3) is 0.296. The van der Waals surface area contributed by atoms with Crippen LogP contribution in [0.5, 0.6) is 0 Å². The van der Waals surface area contributed by atoms with Crippen LogP contribution in [0.3, 0.4) is 0 Å². The summed E-state index contributed by atoms with van der Waals surface area (Å²) in [4.78, 5) is 17.3. The average Bonchev–Trinajstić information content (AvgIpc) is 2.86. The number of carbonyl (C=O) groups excluding carboxylic acids is 1. The predicted molar refractivity (Wildman–Crippen MR) is 138 cm³/mol. The van der Waals surface area contributed by atoms with Crippen LogP contribution < -0.4 is 9.62 Å². The predicted octanol–water partition coefficient (Wildman–Crippen LogP) is 4.21. The van der Waals surface area contributed by atoms with E-state index in [0.717, 1.165) is 29.9 Å². The summed E-state index contributed by atoms with van der Waals surface area (Å²) in [5.74, 6) is -0.134. The van der Waals surface area contributed by atoms with Gasteiger partial charge in [0.05, 0.1) is 18.1 Å². The summed E-state index contributed by atoms with van der Waals surface area (Å²) in [5, 5.41) is 0. The number of rotatable bonds is 7. The van der Waals surface area contributed by atoms with Gasteiger partial charge in [0.2, 0.25) is 0 Å². The monoisotopic (exact) mass is 493 g/mol. The molecule has 0 aliphatic carbocycles. The van der Waals surface area contributed by atoms with Gasteiger partial charge in [0, 0.05) is 43.6 Å². The maximum atomic E-state index is 13.1. The van der Waals surface area contributed by atoms with Gasteiger partial charge in [-0.05, 0) is 66.9 Å². The van der Waals surface area contributed by atoms with Gasteiger partial charge in [-0.3, -0.25) is 9.52 Å². The van der Waals surface area contributed by atoms with Crippen LogP contribution in [-0.4, -0.2) is 52.6 Å². The molecule has 1 aliphatic heterocycles. The molecule has 8 heteroatoms. The van der Waals surface area contributed by atoms with Crippen molar-refractivity contribution in [3.8, 4) is 0 Å². The number of hydrogen-bond donors (Lipinski definition) is 1. The molecule has 1 heterocycles. The molecule has 4 rings (SSSR count). The molecular formula is C27H31N3O4S. The smallest absolute Gasteiger partial charge is 0.262 e. The topological polar surface area (TPSA) is 79.0 Å². The van der Waals surface area contributed by atoms with Crippen molar-refractivity contribution in [3.63, 3.8) is 0 Å². The van der Waals surface area contributed by atoms with Crippen LogP contribution in [0, 0.1) is 13.8 Å². The zero-order valence-corrected chi connectivity index (χ0v) is 21.1. The van der Waals surface area contributed by atoms with Crippen molar-refractivity contribution in [1.29, 1.82) is 0 Å². The second-order valence-corrected chi connectivity index (χ2v) is 10.5.